The van der Waals surface area contributed by atoms with E-state index in [4.69, 9.17) is 0 Å². The molecule has 1 heterocycles. The van der Waals surface area contributed by atoms with E-state index in [9.17, 15) is 22.0 Å². The second kappa shape index (κ2) is 6.70. The van der Waals surface area contributed by atoms with Crippen molar-refractivity contribution in [2.45, 2.75) is 12.8 Å². The van der Waals surface area contributed by atoms with E-state index in [1.807, 2.05) is 0 Å². The van der Waals surface area contributed by atoms with E-state index in [0.717, 1.165) is 24.8 Å². The number of sulfonamides is 1. The molecule has 1 atom stereocenters. The first kappa shape index (κ1) is 16.8. The van der Waals surface area contributed by atoms with Gasteiger partial charge in [-0.1, -0.05) is 6.07 Å². The molecule has 1 aliphatic heterocycles. The first-order valence-corrected chi connectivity index (χ1v) is 8.85. The molecule has 0 saturated carbocycles. The van der Waals surface area contributed by atoms with Crippen molar-refractivity contribution >= 4 is 15.9 Å². The molecule has 1 amide bonds. The SMILES string of the molecule is CS(=O)(=O)NCC1CCCN(C(=O)c2c(F)cccc2F)C1. The third-order valence-electron chi connectivity index (χ3n) is 3.62. The topological polar surface area (TPSA) is 66.5 Å². The van der Waals surface area contributed by atoms with Crippen LogP contribution in [0.15, 0.2) is 18.2 Å². The summed E-state index contributed by atoms with van der Waals surface area (Å²) in [6.07, 6.45) is 2.48. The molecule has 22 heavy (non-hydrogen) atoms. The smallest absolute Gasteiger partial charge is 0.259 e. The number of hydrogen-bond donors (Lipinski definition) is 1. The quantitative estimate of drug-likeness (QED) is 0.905. The van der Waals surface area contributed by atoms with Crippen molar-refractivity contribution in [3.63, 3.8) is 0 Å². The van der Waals surface area contributed by atoms with Crippen molar-refractivity contribution < 1.29 is 22.0 Å². The molecule has 2 rings (SSSR count). The molecule has 0 spiro atoms. The molecule has 0 aromatic heterocycles. The second-order valence-electron chi connectivity index (χ2n) is 5.48. The van der Waals surface area contributed by atoms with Gasteiger partial charge in [0.2, 0.25) is 10.0 Å². The van der Waals surface area contributed by atoms with Crippen LogP contribution in [0.1, 0.15) is 23.2 Å². The number of nitrogens with zero attached hydrogens (tertiary/aromatic N) is 1. The summed E-state index contributed by atoms with van der Waals surface area (Å²) in [7, 11) is -3.30. The highest BCUT2D eigenvalue weighted by Crippen LogP contribution is 2.21. The maximum absolute atomic E-state index is 13.7. The molecular formula is C14H18F2N2O3S. The summed E-state index contributed by atoms with van der Waals surface area (Å²) in [4.78, 5) is 13.7. The lowest BCUT2D eigenvalue weighted by Crippen LogP contribution is -2.44. The predicted octanol–water partition coefficient (Wildman–Crippen LogP) is 1.37. The van der Waals surface area contributed by atoms with Crippen LogP contribution in [0, 0.1) is 17.6 Å². The number of carbonyl (C=O) groups excluding carboxylic acids is 1. The molecule has 1 N–H and O–H groups in total. The van der Waals surface area contributed by atoms with Gasteiger partial charge in [0.1, 0.15) is 17.2 Å². The number of halogens is 2. The highest BCUT2D eigenvalue weighted by molar-refractivity contribution is 7.88. The molecular weight excluding hydrogens is 314 g/mol. The zero-order valence-corrected chi connectivity index (χ0v) is 13.0. The van der Waals surface area contributed by atoms with E-state index in [1.54, 1.807) is 0 Å². The van der Waals surface area contributed by atoms with Crippen LogP contribution in [-0.4, -0.2) is 45.1 Å². The summed E-state index contributed by atoms with van der Waals surface area (Å²) in [6, 6.07) is 3.29. The zero-order chi connectivity index (χ0) is 16.3. The van der Waals surface area contributed by atoms with E-state index >= 15 is 0 Å². The maximum atomic E-state index is 13.7. The fourth-order valence-electron chi connectivity index (χ4n) is 2.55. The third-order valence-corrected chi connectivity index (χ3v) is 4.31. The van der Waals surface area contributed by atoms with Gasteiger partial charge >= 0.3 is 0 Å². The summed E-state index contributed by atoms with van der Waals surface area (Å²) < 4.78 is 52.0. The van der Waals surface area contributed by atoms with Crippen LogP contribution in [0.25, 0.3) is 0 Å². The molecule has 0 bridgehead atoms. The van der Waals surface area contributed by atoms with Gasteiger partial charge < -0.3 is 4.90 Å². The molecule has 1 aromatic carbocycles. The van der Waals surface area contributed by atoms with Gasteiger partial charge in [-0.3, -0.25) is 4.79 Å². The van der Waals surface area contributed by atoms with Crippen molar-refractivity contribution in [3.8, 4) is 0 Å². The molecule has 5 nitrogen and oxygen atoms in total. The average Bonchev–Trinajstić information content (AvgIpc) is 2.44. The maximum Gasteiger partial charge on any atom is 0.259 e. The molecule has 8 heteroatoms. The average molecular weight is 332 g/mol. The second-order valence-corrected chi connectivity index (χ2v) is 7.31. The Kier molecular flexibility index (Phi) is 5.12. The van der Waals surface area contributed by atoms with Gasteiger partial charge in [-0.2, -0.15) is 0 Å². The van der Waals surface area contributed by atoms with E-state index in [1.165, 1.54) is 11.0 Å². The minimum atomic E-state index is -3.30. The molecule has 122 valence electrons. The standard InChI is InChI=1S/C14H18F2N2O3S/c1-22(20,21)17-8-10-4-3-7-18(9-10)14(19)13-11(15)5-2-6-12(13)16/h2,5-6,10,17H,3-4,7-9H2,1H3. The van der Waals surface area contributed by atoms with Gasteiger partial charge in [0.25, 0.3) is 5.91 Å². The molecule has 1 aliphatic rings. The van der Waals surface area contributed by atoms with Gasteiger partial charge in [-0.15, -0.1) is 0 Å². The largest absolute Gasteiger partial charge is 0.338 e. The van der Waals surface area contributed by atoms with Crippen LogP contribution in [0.3, 0.4) is 0 Å². The Morgan fingerprint density at radius 2 is 2.00 bits per heavy atom. The number of likely N-dealkylation sites (tertiary alicyclic amines) is 1. The Hall–Kier alpha value is -1.54. The van der Waals surface area contributed by atoms with Crippen molar-refractivity contribution in [2.24, 2.45) is 5.92 Å². The summed E-state index contributed by atoms with van der Waals surface area (Å²) in [5.74, 6) is -2.54. The molecule has 1 fully saturated rings. The summed E-state index contributed by atoms with van der Waals surface area (Å²) >= 11 is 0. The fraction of sp³-hybridized carbons (Fsp3) is 0.500. The van der Waals surface area contributed by atoms with Crippen molar-refractivity contribution in [3.05, 3.63) is 35.4 Å². The first-order valence-electron chi connectivity index (χ1n) is 6.96. The minimum Gasteiger partial charge on any atom is -0.338 e. The van der Waals surface area contributed by atoms with Crippen LogP contribution in [0.2, 0.25) is 0 Å². The Labute approximate surface area is 128 Å². The lowest BCUT2D eigenvalue weighted by atomic mass is 9.97. The molecule has 0 radical (unpaired) electrons. The van der Waals surface area contributed by atoms with Crippen LogP contribution in [-0.2, 0) is 10.0 Å². The van der Waals surface area contributed by atoms with Crippen LogP contribution in [0.5, 0.6) is 0 Å². The first-order chi connectivity index (χ1) is 10.3. The molecule has 0 aliphatic carbocycles. The van der Waals surface area contributed by atoms with E-state index in [-0.39, 0.29) is 19.0 Å². The third kappa shape index (κ3) is 4.23. The highest BCUT2D eigenvalue weighted by atomic mass is 32.2. The van der Waals surface area contributed by atoms with E-state index in [0.29, 0.717) is 13.0 Å². The van der Waals surface area contributed by atoms with Gasteiger partial charge in [-0.25, -0.2) is 21.9 Å². The van der Waals surface area contributed by atoms with Crippen LogP contribution in [0.4, 0.5) is 8.78 Å². The Morgan fingerprint density at radius 3 is 2.59 bits per heavy atom. The molecule has 1 unspecified atom stereocenters. The summed E-state index contributed by atoms with van der Waals surface area (Å²) in [6.45, 7) is 0.888. The number of amides is 1. The number of hydrogen-bond acceptors (Lipinski definition) is 3. The number of nitrogens with one attached hydrogen (secondary N) is 1. The lowest BCUT2D eigenvalue weighted by Gasteiger charge is -2.33. The van der Waals surface area contributed by atoms with Gasteiger partial charge in [0, 0.05) is 19.6 Å². The normalized spacial score (nSPS) is 19.2. The monoisotopic (exact) mass is 332 g/mol. The Morgan fingerprint density at radius 1 is 1.36 bits per heavy atom. The number of rotatable bonds is 4. The van der Waals surface area contributed by atoms with Crippen molar-refractivity contribution in [1.29, 1.82) is 0 Å². The Bertz CT molecular complexity index is 644. The number of benzene rings is 1. The van der Waals surface area contributed by atoms with Crippen molar-refractivity contribution in [2.75, 3.05) is 25.9 Å². The minimum absolute atomic E-state index is 0.0674. The fourth-order valence-corrected chi connectivity index (χ4v) is 3.08. The number of carbonyl (C=O) groups is 1. The van der Waals surface area contributed by atoms with Gasteiger partial charge in [0.15, 0.2) is 0 Å². The van der Waals surface area contributed by atoms with Crippen LogP contribution >= 0.6 is 0 Å². The number of piperidine rings is 1. The van der Waals surface area contributed by atoms with Crippen LogP contribution < -0.4 is 4.72 Å². The Balaban J connectivity index is 2.07. The zero-order valence-electron chi connectivity index (χ0n) is 12.2. The van der Waals surface area contributed by atoms with Gasteiger partial charge in [0.05, 0.1) is 6.26 Å². The summed E-state index contributed by atoms with van der Waals surface area (Å²) in [5.41, 5.74) is -0.556. The molecule has 1 aromatic rings. The van der Waals surface area contributed by atoms with E-state index in [2.05, 4.69) is 4.72 Å². The highest BCUT2D eigenvalue weighted by Gasteiger charge is 2.28. The van der Waals surface area contributed by atoms with Crippen molar-refractivity contribution in [1.82, 2.24) is 9.62 Å². The predicted molar refractivity (Wildman–Crippen MR) is 77.8 cm³/mol. The lowest BCUT2D eigenvalue weighted by molar-refractivity contribution is 0.0666. The molecule has 1 saturated heterocycles. The van der Waals surface area contributed by atoms with E-state index < -0.39 is 33.1 Å². The summed E-state index contributed by atoms with van der Waals surface area (Å²) in [5, 5.41) is 0. The van der Waals surface area contributed by atoms with Gasteiger partial charge in [-0.05, 0) is 30.9 Å².